The molecule has 0 aliphatic carbocycles. The van der Waals surface area contributed by atoms with E-state index in [9.17, 15) is 13.2 Å². The van der Waals surface area contributed by atoms with E-state index in [1.165, 1.54) is 23.9 Å². The predicted molar refractivity (Wildman–Crippen MR) is 111 cm³/mol. The average Bonchev–Trinajstić information content (AvgIpc) is 3.36. The van der Waals surface area contributed by atoms with Gasteiger partial charge in [-0.1, -0.05) is 0 Å². The fourth-order valence-electron chi connectivity index (χ4n) is 3.66. The molecule has 0 bridgehead atoms. The molecule has 29 heavy (non-hydrogen) atoms. The van der Waals surface area contributed by atoms with Gasteiger partial charge in [0.2, 0.25) is 0 Å². The molecule has 1 fully saturated rings. The van der Waals surface area contributed by atoms with E-state index in [0.29, 0.717) is 5.69 Å². The molecular formula is C20H23F3N4S2. The van der Waals surface area contributed by atoms with Crippen molar-refractivity contribution in [3.05, 3.63) is 51.2 Å². The zero-order chi connectivity index (χ0) is 20.4. The number of hydrogen-bond acceptors (Lipinski definition) is 5. The third-order valence-corrected chi connectivity index (χ3v) is 6.96. The third kappa shape index (κ3) is 5.09. The lowest BCUT2D eigenvalue weighted by Crippen LogP contribution is -2.30. The van der Waals surface area contributed by atoms with Gasteiger partial charge in [0.25, 0.3) is 0 Å². The lowest BCUT2D eigenvalue weighted by atomic mass is 10.3. The summed E-state index contributed by atoms with van der Waals surface area (Å²) in [5, 5.41) is 8.38. The lowest BCUT2D eigenvalue weighted by molar-refractivity contribution is -0.143. The molecule has 156 valence electrons. The van der Waals surface area contributed by atoms with E-state index >= 15 is 0 Å². The second-order valence-electron chi connectivity index (χ2n) is 7.34. The molecule has 1 aliphatic rings. The highest BCUT2D eigenvalue weighted by Crippen LogP contribution is 2.34. The summed E-state index contributed by atoms with van der Waals surface area (Å²) in [6.45, 7) is 5.99. The first kappa shape index (κ1) is 20.6. The molecule has 3 aromatic rings. The van der Waals surface area contributed by atoms with E-state index in [2.05, 4.69) is 31.7 Å². The Hall–Kier alpha value is -1.68. The zero-order valence-electron chi connectivity index (χ0n) is 16.2. The summed E-state index contributed by atoms with van der Waals surface area (Å²) in [4.78, 5) is 6.86. The van der Waals surface area contributed by atoms with Crippen LogP contribution < -0.4 is 0 Å². The van der Waals surface area contributed by atoms with E-state index in [0.717, 1.165) is 66.2 Å². The minimum absolute atomic E-state index is 0.383. The molecule has 4 nitrogen and oxygen atoms in total. The average molecular weight is 441 g/mol. The first-order valence-electron chi connectivity index (χ1n) is 9.54. The number of aromatic nitrogens is 2. The van der Waals surface area contributed by atoms with Crippen LogP contribution in [0.3, 0.4) is 0 Å². The Balaban J connectivity index is 1.37. The van der Waals surface area contributed by atoms with Crippen molar-refractivity contribution in [3.63, 3.8) is 0 Å². The standard InChI is InChI=1S/C20H23F3N4S2/c1-25-19(20(21,22)23)11-17(24-25)18-4-3-16(29-18)13-27-7-2-6-26(8-9-27)12-15-5-10-28-14-15/h3-5,10-11,14H,2,6-9,12-13H2,1H3. The highest BCUT2D eigenvalue weighted by molar-refractivity contribution is 7.15. The van der Waals surface area contributed by atoms with Crippen LogP contribution in [0.1, 0.15) is 22.6 Å². The monoisotopic (exact) mass is 440 g/mol. The molecule has 1 saturated heterocycles. The van der Waals surface area contributed by atoms with Crippen LogP contribution in [-0.2, 0) is 26.3 Å². The van der Waals surface area contributed by atoms with Crippen molar-refractivity contribution in [2.45, 2.75) is 25.7 Å². The SMILES string of the molecule is Cn1nc(-c2ccc(CN3CCCN(Cc4ccsc4)CC3)s2)cc1C(F)(F)F. The van der Waals surface area contributed by atoms with Gasteiger partial charge in [0.15, 0.2) is 0 Å². The predicted octanol–water partition coefficient (Wildman–Crippen LogP) is 4.94. The number of hydrogen-bond donors (Lipinski definition) is 0. The molecule has 0 aromatic carbocycles. The molecule has 0 unspecified atom stereocenters. The first-order valence-corrected chi connectivity index (χ1v) is 11.3. The normalized spacial score (nSPS) is 17.0. The maximum absolute atomic E-state index is 13.0. The lowest BCUT2D eigenvalue weighted by Gasteiger charge is -2.21. The molecule has 3 aromatic heterocycles. The van der Waals surface area contributed by atoms with Gasteiger partial charge in [-0.3, -0.25) is 14.5 Å². The summed E-state index contributed by atoms with van der Waals surface area (Å²) >= 11 is 3.26. The molecule has 0 amide bonds. The number of thiophene rings is 2. The van der Waals surface area contributed by atoms with Crippen molar-refractivity contribution in [3.8, 4) is 10.6 Å². The van der Waals surface area contributed by atoms with Crippen molar-refractivity contribution in [2.75, 3.05) is 26.2 Å². The Bertz CT molecular complexity index is 930. The summed E-state index contributed by atoms with van der Waals surface area (Å²) in [5.74, 6) is 0. The molecule has 0 spiro atoms. The minimum Gasteiger partial charge on any atom is -0.298 e. The Kier molecular flexibility index (Phi) is 6.10. The van der Waals surface area contributed by atoms with Crippen molar-refractivity contribution >= 4 is 22.7 Å². The second kappa shape index (κ2) is 8.59. The summed E-state index contributed by atoms with van der Waals surface area (Å²) in [5.41, 5.74) is 1.04. The van der Waals surface area contributed by atoms with Crippen LogP contribution in [0, 0.1) is 0 Å². The molecule has 4 heterocycles. The molecule has 9 heteroatoms. The molecule has 4 rings (SSSR count). The fourth-order valence-corrected chi connectivity index (χ4v) is 5.32. The fraction of sp³-hybridized carbons (Fsp3) is 0.450. The largest absolute Gasteiger partial charge is 0.433 e. The smallest absolute Gasteiger partial charge is 0.298 e. The van der Waals surface area contributed by atoms with Crippen LogP contribution in [-0.4, -0.2) is 45.8 Å². The van der Waals surface area contributed by atoms with E-state index in [1.54, 1.807) is 11.3 Å². The highest BCUT2D eigenvalue weighted by atomic mass is 32.1. The number of alkyl halides is 3. The number of rotatable bonds is 5. The van der Waals surface area contributed by atoms with Gasteiger partial charge in [-0.25, -0.2) is 0 Å². The second-order valence-corrected chi connectivity index (χ2v) is 9.29. The van der Waals surface area contributed by atoms with Gasteiger partial charge in [-0.2, -0.15) is 29.6 Å². The topological polar surface area (TPSA) is 24.3 Å². The molecule has 0 atom stereocenters. The van der Waals surface area contributed by atoms with Crippen LogP contribution in [0.25, 0.3) is 10.6 Å². The van der Waals surface area contributed by atoms with Gasteiger partial charge in [0.05, 0.1) is 4.88 Å². The number of nitrogens with zero attached hydrogens (tertiary/aromatic N) is 4. The Morgan fingerprint density at radius 3 is 2.45 bits per heavy atom. The maximum Gasteiger partial charge on any atom is 0.433 e. The highest BCUT2D eigenvalue weighted by Gasteiger charge is 2.35. The van der Waals surface area contributed by atoms with Gasteiger partial charge in [0.1, 0.15) is 11.4 Å². The molecular weight excluding hydrogens is 417 g/mol. The quantitative estimate of drug-likeness (QED) is 0.562. The third-order valence-electron chi connectivity index (χ3n) is 5.13. The van der Waals surface area contributed by atoms with Crippen LogP contribution in [0.15, 0.2) is 35.0 Å². The summed E-state index contributed by atoms with van der Waals surface area (Å²) in [6, 6.07) is 7.20. The summed E-state index contributed by atoms with van der Waals surface area (Å²) < 4.78 is 39.9. The Labute approximate surface area is 176 Å². The maximum atomic E-state index is 13.0. The van der Waals surface area contributed by atoms with Crippen molar-refractivity contribution in [1.82, 2.24) is 19.6 Å². The minimum atomic E-state index is -4.39. The van der Waals surface area contributed by atoms with Crippen molar-refractivity contribution in [1.29, 1.82) is 0 Å². The van der Waals surface area contributed by atoms with E-state index in [-0.39, 0.29) is 0 Å². The number of aryl methyl sites for hydroxylation is 1. The zero-order valence-corrected chi connectivity index (χ0v) is 17.8. The van der Waals surface area contributed by atoms with Crippen LogP contribution >= 0.6 is 22.7 Å². The van der Waals surface area contributed by atoms with E-state index in [4.69, 9.17) is 0 Å². The van der Waals surface area contributed by atoms with Gasteiger partial charge in [0, 0.05) is 38.1 Å². The summed E-state index contributed by atoms with van der Waals surface area (Å²) in [7, 11) is 1.33. The molecule has 0 N–H and O–H groups in total. The van der Waals surface area contributed by atoms with E-state index in [1.807, 2.05) is 12.1 Å². The van der Waals surface area contributed by atoms with Crippen LogP contribution in [0.5, 0.6) is 0 Å². The van der Waals surface area contributed by atoms with Crippen molar-refractivity contribution < 1.29 is 13.2 Å². The van der Waals surface area contributed by atoms with Gasteiger partial charge < -0.3 is 0 Å². The van der Waals surface area contributed by atoms with Gasteiger partial charge in [-0.05, 0) is 60.1 Å². The van der Waals surface area contributed by atoms with Crippen molar-refractivity contribution in [2.24, 2.45) is 7.05 Å². The van der Waals surface area contributed by atoms with Crippen LogP contribution in [0.2, 0.25) is 0 Å². The molecule has 0 saturated carbocycles. The van der Waals surface area contributed by atoms with Gasteiger partial charge >= 0.3 is 6.18 Å². The Morgan fingerprint density at radius 2 is 1.79 bits per heavy atom. The molecule has 0 radical (unpaired) electrons. The van der Waals surface area contributed by atoms with Gasteiger partial charge in [-0.15, -0.1) is 11.3 Å². The Morgan fingerprint density at radius 1 is 1.03 bits per heavy atom. The van der Waals surface area contributed by atoms with Crippen LogP contribution in [0.4, 0.5) is 13.2 Å². The summed E-state index contributed by atoms with van der Waals surface area (Å²) in [6.07, 6.45) is -3.27. The first-order chi connectivity index (χ1) is 13.9. The molecule has 1 aliphatic heterocycles. The number of halogens is 3. The van der Waals surface area contributed by atoms with E-state index < -0.39 is 11.9 Å².